The predicted molar refractivity (Wildman–Crippen MR) is 132 cm³/mol. The molecule has 2 aromatic carbocycles. The van der Waals surface area contributed by atoms with Gasteiger partial charge in [-0.15, -0.1) is 11.3 Å². The molecule has 2 heterocycles. The van der Waals surface area contributed by atoms with Gasteiger partial charge in [-0.05, 0) is 61.7 Å². The molecule has 2 aromatic heterocycles. The zero-order valence-electron chi connectivity index (χ0n) is 19.3. The number of rotatable bonds is 7. The van der Waals surface area contributed by atoms with Crippen molar-refractivity contribution in [3.05, 3.63) is 64.0 Å². The predicted octanol–water partition coefficient (Wildman–Crippen LogP) is 5.76. The number of nitrogens with two attached hydrogens (primary N) is 1. The van der Waals surface area contributed by atoms with Crippen LogP contribution in [-0.2, 0) is 6.54 Å². The molecule has 33 heavy (non-hydrogen) atoms. The van der Waals surface area contributed by atoms with Crippen molar-refractivity contribution in [3.8, 4) is 21.9 Å². The lowest BCUT2D eigenvalue weighted by Gasteiger charge is -2.16. The molecule has 1 atom stereocenters. The summed E-state index contributed by atoms with van der Waals surface area (Å²) in [6.45, 7) is 6.30. The normalized spacial score (nSPS) is 12.1. The Morgan fingerprint density at radius 3 is 2.48 bits per heavy atom. The Morgan fingerprint density at radius 2 is 1.79 bits per heavy atom. The monoisotopic (exact) mass is 466 g/mol. The summed E-state index contributed by atoms with van der Waals surface area (Å²) in [7, 11) is 3.21. The average Bonchev–Trinajstić information content (AvgIpc) is 3.19. The SMILES string of the molecule is COc1cc2nc(C)nc(NC(C)c3cc(C)c(-c4ccc(F)cc4CN)s3)c2cc1OC. The van der Waals surface area contributed by atoms with Crippen molar-refractivity contribution in [2.24, 2.45) is 5.73 Å². The second-order valence-electron chi connectivity index (χ2n) is 7.88. The molecule has 3 N–H and O–H groups in total. The Labute approximate surface area is 196 Å². The lowest BCUT2D eigenvalue weighted by molar-refractivity contribution is 0.356. The lowest BCUT2D eigenvalue weighted by Crippen LogP contribution is -2.08. The molecule has 4 aromatic rings. The Balaban J connectivity index is 1.71. The van der Waals surface area contributed by atoms with Gasteiger partial charge in [-0.1, -0.05) is 6.07 Å². The molecule has 0 fully saturated rings. The van der Waals surface area contributed by atoms with Gasteiger partial charge < -0.3 is 20.5 Å². The Morgan fingerprint density at radius 1 is 1.06 bits per heavy atom. The molecule has 1 unspecified atom stereocenters. The maximum atomic E-state index is 13.7. The number of fused-ring (bicyclic) bond motifs is 1. The van der Waals surface area contributed by atoms with Crippen LogP contribution in [0.25, 0.3) is 21.3 Å². The van der Waals surface area contributed by atoms with Gasteiger partial charge in [-0.3, -0.25) is 0 Å². The van der Waals surface area contributed by atoms with Crippen LogP contribution in [0.2, 0.25) is 0 Å². The van der Waals surface area contributed by atoms with Crippen LogP contribution in [0.3, 0.4) is 0 Å². The number of hydrogen-bond acceptors (Lipinski definition) is 7. The van der Waals surface area contributed by atoms with Gasteiger partial charge >= 0.3 is 0 Å². The number of nitrogens with one attached hydrogen (secondary N) is 1. The molecule has 0 saturated carbocycles. The van der Waals surface area contributed by atoms with Crippen LogP contribution in [-0.4, -0.2) is 24.2 Å². The summed E-state index contributed by atoms with van der Waals surface area (Å²) in [5, 5.41) is 4.39. The third-order valence-electron chi connectivity index (χ3n) is 5.56. The van der Waals surface area contributed by atoms with E-state index in [2.05, 4.69) is 35.2 Å². The van der Waals surface area contributed by atoms with Crippen molar-refractivity contribution in [1.29, 1.82) is 0 Å². The molecule has 0 bridgehead atoms. The quantitative estimate of drug-likeness (QED) is 0.360. The van der Waals surface area contributed by atoms with Crippen molar-refractivity contribution in [2.75, 3.05) is 19.5 Å². The second kappa shape index (κ2) is 9.33. The number of halogens is 1. The van der Waals surface area contributed by atoms with Crippen LogP contribution >= 0.6 is 11.3 Å². The third-order valence-corrected chi connectivity index (χ3v) is 7.01. The smallest absolute Gasteiger partial charge is 0.162 e. The number of aromatic nitrogens is 2. The van der Waals surface area contributed by atoms with Gasteiger partial charge in [0.1, 0.15) is 17.5 Å². The number of aryl methyl sites for hydroxylation is 2. The largest absolute Gasteiger partial charge is 0.493 e. The van der Waals surface area contributed by atoms with E-state index in [1.807, 2.05) is 19.1 Å². The summed E-state index contributed by atoms with van der Waals surface area (Å²) in [4.78, 5) is 11.4. The minimum absolute atomic E-state index is 0.0187. The van der Waals surface area contributed by atoms with Gasteiger partial charge in [0.25, 0.3) is 0 Å². The molecule has 0 aliphatic carbocycles. The fourth-order valence-corrected chi connectivity index (χ4v) is 5.13. The summed E-state index contributed by atoms with van der Waals surface area (Å²) < 4.78 is 24.6. The third kappa shape index (κ3) is 4.49. The second-order valence-corrected chi connectivity index (χ2v) is 8.96. The van der Waals surface area contributed by atoms with E-state index in [9.17, 15) is 4.39 Å². The van der Waals surface area contributed by atoms with Crippen molar-refractivity contribution in [3.63, 3.8) is 0 Å². The topological polar surface area (TPSA) is 82.3 Å². The molecule has 4 rings (SSSR count). The molecule has 6 nitrogen and oxygen atoms in total. The fourth-order valence-electron chi connectivity index (χ4n) is 3.90. The summed E-state index contributed by atoms with van der Waals surface area (Å²) >= 11 is 1.67. The maximum absolute atomic E-state index is 13.7. The number of methoxy groups -OCH3 is 2. The summed E-state index contributed by atoms with van der Waals surface area (Å²) in [5.74, 6) is 2.35. The van der Waals surface area contributed by atoms with Crippen molar-refractivity contribution >= 4 is 28.1 Å². The molecular formula is C25H27FN4O2S. The van der Waals surface area contributed by atoms with Crippen LogP contribution in [0.5, 0.6) is 11.5 Å². The Hall–Kier alpha value is -3.23. The van der Waals surface area contributed by atoms with Gasteiger partial charge in [-0.2, -0.15) is 0 Å². The fraction of sp³-hybridized carbons (Fsp3) is 0.280. The van der Waals surface area contributed by atoms with Crippen LogP contribution in [0, 0.1) is 19.7 Å². The van der Waals surface area contributed by atoms with Gasteiger partial charge in [-0.25, -0.2) is 14.4 Å². The minimum Gasteiger partial charge on any atom is -0.493 e. The first-order valence-corrected chi connectivity index (χ1v) is 11.4. The number of benzene rings is 2. The number of anilines is 1. The molecule has 0 spiro atoms. The van der Waals surface area contributed by atoms with Gasteiger partial charge in [0.15, 0.2) is 11.5 Å². The average molecular weight is 467 g/mol. The zero-order chi connectivity index (χ0) is 23.7. The van der Waals surface area contributed by atoms with Crippen molar-refractivity contribution in [1.82, 2.24) is 9.97 Å². The molecule has 0 radical (unpaired) electrons. The van der Waals surface area contributed by atoms with Crippen molar-refractivity contribution in [2.45, 2.75) is 33.4 Å². The van der Waals surface area contributed by atoms with E-state index in [0.29, 0.717) is 17.3 Å². The molecule has 0 amide bonds. The summed E-state index contributed by atoms with van der Waals surface area (Å²) in [5.41, 5.74) is 9.55. The minimum atomic E-state index is -0.276. The van der Waals surface area contributed by atoms with Gasteiger partial charge in [0.05, 0.1) is 25.8 Å². The zero-order valence-corrected chi connectivity index (χ0v) is 20.1. The van der Waals surface area contributed by atoms with Crippen LogP contribution in [0.4, 0.5) is 10.2 Å². The number of nitrogens with zero attached hydrogens (tertiary/aromatic N) is 2. The van der Waals surface area contributed by atoms with Crippen molar-refractivity contribution < 1.29 is 13.9 Å². The first-order chi connectivity index (χ1) is 15.8. The molecule has 172 valence electrons. The Bertz CT molecular complexity index is 1320. The highest BCUT2D eigenvalue weighted by Crippen LogP contribution is 2.39. The van der Waals surface area contributed by atoms with E-state index < -0.39 is 0 Å². The van der Waals surface area contributed by atoms with Crippen LogP contribution in [0.15, 0.2) is 36.4 Å². The van der Waals surface area contributed by atoms with E-state index in [4.69, 9.17) is 15.2 Å². The van der Waals surface area contributed by atoms with E-state index in [1.165, 1.54) is 12.1 Å². The maximum Gasteiger partial charge on any atom is 0.162 e. The number of ether oxygens (including phenoxy) is 2. The molecular weight excluding hydrogens is 439 g/mol. The highest BCUT2D eigenvalue weighted by molar-refractivity contribution is 7.15. The number of thiophene rings is 1. The van der Waals surface area contributed by atoms with E-state index in [-0.39, 0.29) is 18.4 Å². The highest BCUT2D eigenvalue weighted by Gasteiger charge is 2.18. The highest BCUT2D eigenvalue weighted by atomic mass is 32.1. The first-order valence-electron chi connectivity index (χ1n) is 10.6. The number of hydrogen-bond donors (Lipinski definition) is 2. The van der Waals surface area contributed by atoms with Crippen LogP contribution in [0.1, 0.15) is 34.8 Å². The summed E-state index contributed by atoms with van der Waals surface area (Å²) in [6, 6.07) is 10.7. The van der Waals surface area contributed by atoms with E-state index in [1.54, 1.807) is 31.6 Å². The van der Waals surface area contributed by atoms with E-state index >= 15 is 0 Å². The van der Waals surface area contributed by atoms with Gasteiger partial charge in [0, 0.05) is 27.8 Å². The summed E-state index contributed by atoms with van der Waals surface area (Å²) in [6.07, 6.45) is 0. The molecule has 0 saturated heterocycles. The van der Waals surface area contributed by atoms with Gasteiger partial charge in [0.2, 0.25) is 0 Å². The van der Waals surface area contributed by atoms with E-state index in [0.717, 1.165) is 43.2 Å². The lowest BCUT2D eigenvalue weighted by atomic mass is 10.0. The van der Waals surface area contributed by atoms with Crippen LogP contribution < -0.4 is 20.5 Å². The Kier molecular flexibility index (Phi) is 6.49. The molecule has 0 aliphatic rings. The molecule has 0 aliphatic heterocycles. The standard InChI is InChI=1S/C25H27FN4O2S/c1-13-8-23(33-24(13)18-7-6-17(26)9-16(18)12-27)14(2)28-25-19-10-21(31-4)22(32-5)11-20(19)29-15(3)30-25/h6-11,14H,12,27H2,1-5H3,(H,28,29,30). The molecule has 8 heteroatoms. The first kappa shape index (κ1) is 22.9.